The molecule has 0 aromatic carbocycles. The molecule has 0 radical (unpaired) electrons. The second-order valence-electron chi connectivity index (χ2n) is 5.92. The molecule has 2 aliphatic heterocycles. The first-order valence-corrected chi connectivity index (χ1v) is 7.30. The second kappa shape index (κ2) is 5.58. The fraction of sp³-hybridized carbons (Fsp3) is 0.667. The zero-order valence-electron chi connectivity index (χ0n) is 12.0. The number of rotatable bonds is 3. The molecular formula is C15H22N2O3. The van der Waals surface area contributed by atoms with Crippen molar-refractivity contribution in [2.45, 2.75) is 25.9 Å². The molecule has 0 unspecified atom stereocenters. The Balaban J connectivity index is 1.60. The third kappa shape index (κ3) is 2.60. The van der Waals surface area contributed by atoms with Gasteiger partial charge in [-0.3, -0.25) is 4.79 Å². The molecular weight excluding hydrogens is 256 g/mol. The van der Waals surface area contributed by atoms with Gasteiger partial charge in [0.2, 0.25) is 0 Å². The average molecular weight is 278 g/mol. The van der Waals surface area contributed by atoms with Crippen LogP contribution >= 0.6 is 0 Å². The SMILES string of the molecule is COCc1ccc(C(=O)N2CCC3(CCNC3)CC2)o1. The standard InChI is InChI=1S/C15H22N2O3/c1-19-10-12-2-3-13(20-12)14(18)17-8-5-15(6-9-17)4-7-16-11-15/h2-3,16H,4-11H2,1H3. The highest BCUT2D eigenvalue weighted by Crippen LogP contribution is 2.37. The second-order valence-corrected chi connectivity index (χ2v) is 5.92. The molecule has 2 fully saturated rings. The highest BCUT2D eigenvalue weighted by atomic mass is 16.5. The van der Waals surface area contributed by atoms with Crippen LogP contribution in [0.4, 0.5) is 0 Å². The molecule has 2 saturated heterocycles. The molecule has 0 atom stereocenters. The molecule has 1 amide bonds. The van der Waals surface area contributed by atoms with Crippen molar-refractivity contribution in [3.05, 3.63) is 23.7 Å². The van der Waals surface area contributed by atoms with Crippen LogP contribution in [0.25, 0.3) is 0 Å². The first-order valence-electron chi connectivity index (χ1n) is 7.30. The lowest BCUT2D eigenvalue weighted by molar-refractivity contribution is 0.0571. The normalized spacial score (nSPS) is 21.6. The number of nitrogens with one attached hydrogen (secondary N) is 1. The third-order valence-electron chi connectivity index (χ3n) is 4.60. The van der Waals surface area contributed by atoms with Crippen molar-refractivity contribution in [1.29, 1.82) is 0 Å². The average Bonchev–Trinajstić information content (AvgIpc) is 3.10. The van der Waals surface area contributed by atoms with Gasteiger partial charge in [0.05, 0.1) is 0 Å². The molecule has 3 rings (SSSR count). The molecule has 1 aromatic heterocycles. The molecule has 110 valence electrons. The van der Waals surface area contributed by atoms with Crippen LogP contribution in [0, 0.1) is 5.41 Å². The van der Waals surface area contributed by atoms with Gasteiger partial charge in [0.15, 0.2) is 5.76 Å². The Morgan fingerprint density at radius 2 is 2.20 bits per heavy atom. The maximum absolute atomic E-state index is 12.4. The van der Waals surface area contributed by atoms with Gasteiger partial charge in [-0.1, -0.05) is 0 Å². The van der Waals surface area contributed by atoms with Gasteiger partial charge in [-0.25, -0.2) is 0 Å². The number of carbonyl (C=O) groups excluding carboxylic acids is 1. The van der Waals surface area contributed by atoms with Gasteiger partial charge in [0, 0.05) is 26.7 Å². The summed E-state index contributed by atoms with van der Waals surface area (Å²) in [7, 11) is 1.61. The molecule has 1 spiro atoms. The van der Waals surface area contributed by atoms with E-state index in [1.54, 1.807) is 13.2 Å². The van der Waals surface area contributed by atoms with E-state index in [0.29, 0.717) is 23.5 Å². The molecule has 3 heterocycles. The van der Waals surface area contributed by atoms with E-state index in [1.165, 1.54) is 6.42 Å². The smallest absolute Gasteiger partial charge is 0.289 e. The number of hydrogen-bond acceptors (Lipinski definition) is 4. The quantitative estimate of drug-likeness (QED) is 0.913. The Bertz CT molecular complexity index is 467. The van der Waals surface area contributed by atoms with Crippen LogP contribution in [-0.2, 0) is 11.3 Å². The van der Waals surface area contributed by atoms with Gasteiger partial charge in [-0.2, -0.15) is 0 Å². The number of likely N-dealkylation sites (tertiary alicyclic amines) is 1. The van der Waals surface area contributed by atoms with E-state index in [4.69, 9.17) is 9.15 Å². The molecule has 5 nitrogen and oxygen atoms in total. The van der Waals surface area contributed by atoms with E-state index in [1.807, 2.05) is 11.0 Å². The van der Waals surface area contributed by atoms with Gasteiger partial charge in [0.25, 0.3) is 5.91 Å². The minimum Gasteiger partial charge on any atom is -0.453 e. The lowest BCUT2D eigenvalue weighted by Crippen LogP contribution is -2.43. The van der Waals surface area contributed by atoms with Crippen molar-refractivity contribution in [2.24, 2.45) is 5.41 Å². The Hall–Kier alpha value is -1.33. The third-order valence-corrected chi connectivity index (χ3v) is 4.60. The molecule has 2 aliphatic rings. The van der Waals surface area contributed by atoms with Crippen LogP contribution < -0.4 is 5.32 Å². The number of methoxy groups -OCH3 is 1. The monoisotopic (exact) mass is 278 g/mol. The summed E-state index contributed by atoms with van der Waals surface area (Å²) in [5.74, 6) is 1.13. The molecule has 20 heavy (non-hydrogen) atoms. The Morgan fingerprint density at radius 1 is 1.40 bits per heavy atom. The number of furan rings is 1. The number of piperidine rings is 1. The van der Waals surface area contributed by atoms with E-state index in [0.717, 1.165) is 39.0 Å². The van der Waals surface area contributed by atoms with E-state index >= 15 is 0 Å². The number of amides is 1. The van der Waals surface area contributed by atoms with E-state index in [9.17, 15) is 4.79 Å². The topological polar surface area (TPSA) is 54.7 Å². The van der Waals surface area contributed by atoms with Crippen LogP contribution in [0.5, 0.6) is 0 Å². The van der Waals surface area contributed by atoms with Crippen LogP contribution in [0.15, 0.2) is 16.5 Å². The zero-order valence-corrected chi connectivity index (χ0v) is 12.0. The molecule has 0 bridgehead atoms. The highest BCUT2D eigenvalue weighted by molar-refractivity contribution is 5.91. The Morgan fingerprint density at radius 3 is 2.85 bits per heavy atom. The number of nitrogens with zero attached hydrogens (tertiary/aromatic N) is 1. The van der Waals surface area contributed by atoms with Crippen LogP contribution in [0.1, 0.15) is 35.6 Å². The summed E-state index contributed by atoms with van der Waals surface area (Å²) in [5.41, 5.74) is 0.432. The summed E-state index contributed by atoms with van der Waals surface area (Å²) < 4.78 is 10.5. The molecule has 0 aliphatic carbocycles. The van der Waals surface area contributed by atoms with Gasteiger partial charge >= 0.3 is 0 Å². The first kappa shape index (κ1) is 13.6. The maximum atomic E-state index is 12.4. The summed E-state index contributed by atoms with van der Waals surface area (Å²) >= 11 is 0. The number of hydrogen-bond donors (Lipinski definition) is 1. The predicted molar refractivity (Wildman–Crippen MR) is 74.5 cm³/mol. The van der Waals surface area contributed by atoms with Gasteiger partial charge < -0.3 is 19.4 Å². The van der Waals surface area contributed by atoms with E-state index in [2.05, 4.69) is 5.32 Å². The molecule has 5 heteroatoms. The van der Waals surface area contributed by atoms with Crippen LogP contribution in [-0.4, -0.2) is 44.1 Å². The predicted octanol–water partition coefficient (Wildman–Crippen LogP) is 1.64. The molecule has 1 N–H and O–H groups in total. The van der Waals surface area contributed by atoms with Crippen LogP contribution in [0.2, 0.25) is 0 Å². The van der Waals surface area contributed by atoms with Crippen molar-refractivity contribution in [1.82, 2.24) is 10.2 Å². The summed E-state index contributed by atoms with van der Waals surface area (Å²) in [4.78, 5) is 14.3. The van der Waals surface area contributed by atoms with Crippen LogP contribution in [0.3, 0.4) is 0 Å². The lowest BCUT2D eigenvalue weighted by Gasteiger charge is -2.38. The summed E-state index contributed by atoms with van der Waals surface area (Å²) in [5, 5.41) is 3.44. The maximum Gasteiger partial charge on any atom is 0.289 e. The fourth-order valence-corrected chi connectivity index (χ4v) is 3.27. The van der Waals surface area contributed by atoms with Gasteiger partial charge in [-0.15, -0.1) is 0 Å². The van der Waals surface area contributed by atoms with Crippen molar-refractivity contribution >= 4 is 5.91 Å². The first-order chi connectivity index (χ1) is 9.72. The molecule has 1 aromatic rings. The summed E-state index contributed by atoms with van der Waals surface area (Å²) in [6, 6.07) is 3.56. The Labute approximate surface area is 119 Å². The van der Waals surface area contributed by atoms with Gasteiger partial charge in [0.1, 0.15) is 12.4 Å². The lowest BCUT2D eigenvalue weighted by atomic mass is 9.78. The van der Waals surface area contributed by atoms with Crippen molar-refractivity contribution in [3.8, 4) is 0 Å². The van der Waals surface area contributed by atoms with Crippen molar-refractivity contribution in [2.75, 3.05) is 33.3 Å². The summed E-state index contributed by atoms with van der Waals surface area (Å²) in [6.07, 6.45) is 3.43. The minimum absolute atomic E-state index is 0.00755. The van der Waals surface area contributed by atoms with E-state index < -0.39 is 0 Å². The minimum atomic E-state index is 0.00755. The van der Waals surface area contributed by atoms with Crippen molar-refractivity contribution < 1.29 is 13.9 Å². The fourth-order valence-electron chi connectivity index (χ4n) is 3.27. The summed E-state index contributed by atoms with van der Waals surface area (Å²) in [6.45, 7) is 4.30. The number of ether oxygens (including phenoxy) is 1. The molecule has 0 saturated carbocycles. The van der Waals surface area contributed by atoms with E-state index in [-0.39, 0.29) is 5.91 Å². The highest BCUT2D eigenvalue weighted by Gasteiger charge is 2.38. The van der Waals surface area contributed by atoms with Crippen molar-refractivity contribution in [3.63, 3.8) is 0 Å². The largest absolute Gasteiger partial charge is 0.453 e. The zero-order chi connectivity index (χ0) is 14.0. The van der Waals surface area contributed by atoms with Gasteiger partial charge in [-0.05, 0) is 43.4 Å². The number of carbonyl (C=O) groups is 1. The Kier molecular flexibility index (Phi) is 3.81.